The highest BCUT2D eigenvalue weighted by Gasteiger charge is 2.11. The summed E-state index contributed by atoms with van der Waals surface area (Å²) in [7, 11) is 0.674. The van der Waals surface area contributed by atoms with Crippen molar-refractivity contribution in [2.24, 2.45) is 0 Å². The summed E-state index contributed by atoms with van der Waals surface area (Å²) in [6, 6.07) is 0. The van der Waals surface area contributed by atoms with E-state index >= 15 is 0 Å². The first-order valence-electron chi connectivity index (χ1n) is 2.61. The maximum absolute atomic E-state index is 11.5. The van der Waals surface area contributed by atoms with E-state index in [2.05, 4.69) is 0 Å². The van der Waals surface area contributed by atoms with Gasteiger partial charge in [0.05, 0.1) is 0 Å². The van der Waals surface area contributed by atoms with E-state index < -0.39 is 0 Å². The van der Waals surface area contributed by atoms with Crippen molar-refractivity contribution in [2.75, 3.05) is 13.1 Å². The Bertz CT molecular complexity index is 53.7. The van der Waals surface area contributed by atoms with Gasteiger partial charge < -0.3 is 9.13 Å². The normalized spacial score (nSPS) is 23.0. The molecule has 7 heavy (non-hydrogen) atoms. The van der Waals surface area contributed by atoms with Crippen LogP contribution in [-0.2, 0) is 0 Å². The van der Waals surface area contributed by atoms with Gasteiger partial charge in [0, 0.05) is 0 Å². The SMILES string of the molecule is F[B]N1CCCC1. The third kappa shape index (κ3) is 1.16. The number of nitrogens with zero attached hydrogens (tertiary/aromatic N) is 1. The standard InChI is InChI=1S/C4H8BFN/c6-5-7-3-1-2-4-7/h1-4H2. The molecule has 0 aliphatic carbocycles. The molecular weight excluding hydrogens is 91.9 g/mol. The van der Waals surface area contributed by atoms with Crippen molar-refractivity contribution >= 4 is 7.69 Å². The van der Waals surface area contributed by atoms with Crippen LogP contribution in [0, 0.1) is 0 Å². The van der Waals surface area contributed by atoms with Gasteiger partial charge in [-0.15, -0.1) is 0 Å². The molecule has 0 aromatic carbocycles. The summed E-state index contributed by atoms with van der Waals surface area (Å²) >= 11 is 0. The Morgan fingerprint density at radius 2 is 1.86 bits per heavy atom. The largest absolute Gasteiger partial charge is 0.454 e. The van der Waals surface area contributed by atoms with E-state index in [1.165, 1.54) is 0 Å². The first kappa shape index (κ1) is 5.10. The van der Waals surface area contributed by atoms with Gasteiger partial charge in [-0.2, -0.15) is 0 Å². The van der Waals surface area contributed by atoms with Crippen LogP contribution in [0.2, 0.25) is 0 Å². The second-order valence-corrected chi connectivity index (χ2v) is 1.84. The predicted octanol–water partition coefficient (Wildman–Crippen LogP) is 0.586. The zero-order valence-electron chi connectivity index (χ0n) is 4.23. The second-order valence-electron chi connectivity index (χ2n) is 1.84. The quantitative estimate of drug-likeness (QED) is 0.435. The van der Waals surface area contributed by atoms with Crippen LogP contribution in [0.15, 0.2) is 0 Å². The highest BCUT2D eigenvalue weighted by molar-refractivity contribution is 6.22. The van der Waals surface area contributed by atoms with Crippen LogP contribution in [0.25, 0.3) is 0 Å². The monoisotopic (exact) mass is 100 g/mol. The van der Waals surface area contributed by atoms with Crippen molar-refractivity contribution in [3.63, 3.8) is 0 Å². The van der Waals surface area contributed by atoms with Gasteiger partial charge in [0.1, 0.15) is 0 Å². The van der Waals surface area contributed by atoms with Crippen LogP contribution in [0.3, 0.4) is 0 Å². The molecule has 0 aromatic rings. The average Bonchev–Trinajstić information content (AvgIpc) is 2.14. The van der Waals surface area contributed by atoms with Gasteiger partial charge in [-0.1, -0.05) is 0 Å². The lowest BCUT2D eigenvalue weighted by Crippen LogP contribution is -2.20. The molecule has 39 valence electrons. The van der Waals surface area contributed by atoms with E-state index in [0.717, 1.165) is 25.9 Å². The number of hydrogen-bond donors (Lipinski definition) is 0. The highest BCUT2D eigenvalue weighted by Crippen LogP contribution is 2.04. The summed E-state index contributed by atoms with van der Waals surface area (Å²) in [5, 5.41) is 0. The fourth-order valence-corrected chi connectivity index (χ4v) is 0.839. The summed E-state index contributed by atoms with van der Waals surface area (Å²) in [6.45, 7) is 1.83. The van der Waals surface area contributed by atoms with E-state index in [1.54, 1.807) is 4.81 Å². The Morgan fingerprint density at radius 1 is 1.29 bits per heavy atom. The molecule has 1 aliphatic rings. The van der Waals surface area contributed by atoms with Crippen LogP contribution >= 0.6 is 0 Å². The molecule has 0 amide bonds. The van der Waals surface area contributed by atoms with Gasteiger partial charge in [-0.25, -0.2) is 0 Å². The Kier molecular flexibility index (Phi) is 1.68. The van der Waals surface area contributed by atoms with Crippen LogP contribution < -0.4 is 0 Å². The van der Waals surface area contributed by atoms with Crippen molar-refractivity contribution in [3.8, 4) is 0 Å². The fourth-order valence-electron chi connectivity index (χ4n) is 0.839. The van der Waals surface area contributed by atoms with Crippen LogP contribution in [0.4, 0.5) is 4.32 Å². The Morgan fingerprint density at radius 3 is 2.14 bits per heavy atom. The molecule has 0 atom stereocenters. The minimum absolute atomic E-state index is 0.674. The molecule has 1 heterocycles. The summed E-state index contributed by atoms with van der Waals surface area (Å²) in [5.41, 5.74) is 0. The summed E-state index contributed by atoms with van der Waals surface area (Å²) in [6.07, 6.45) is 2.31. The first-order valence-corrected chi connectivity index (χ1v) is 2.61. The van der Waals surface area contributed by atoms with E-state index in [4.69, 9.17) is 0 Å². The minimum atomic E-state index is 0.674. The minimum Gasteiger partial charge on any atom is -0.316 e. The van der Waals surface area contributed by atoms with E-state index in [-0.39, 0.29) is 0 Å². The van der Waals surface area contributed by atoms with Crippen molar-refractivity contribution in [3.05, 3.63) is 0 Å². The zero-order chi connectivity index (χ0) is 5.11. The lowest BCUT2D eigenvalue weighted by Gasteiger charge is -2.03. The third-order valence-electron chi connectivity index (χ3n) is 1.28. The van der Waals surface area contributed by atoms with E-state index in [1.807, 2.05) is 0 Å². The Labute approximate surface area is 43.8 Å². The molecule has 0 unspecified atom stereocenters. The lowest BCUT2D eigenvalue weighted by molar-refractivity contribution is 0.511. The number of halogens is 1. The lowest BCUT2D eigenvalue weighted by atomic mass is 10.3. The molecule has 1 aliphatic heterocycles. The topological polar surface area (TPSA) is 3.24 Å². The van der Waals surface area contributed by atoms with Gasteiger partial charge in [0.2, 0.25) is 0 Å². The van der Waals surface area contributed by atoms with Crippen molar-refractivity contribution in [2.45, 2.75) is 12.8 Å². The van der Waals surface area contributed by atoms with Gasteiger partial charge in [-0.05, 0) is 25.9 Å². The molecule has 1 rings (SSSR count). The van der Waals surface area contributed by atoms with Crippen LogP contribution in [0.1, 0.15) is 12.8 Å². The van der Waals surface area contributed by atoms with Crippen LogP contribution in [-0.4, -0.2) is 25.6 Å². The molecule has 0 saturated carbocycles. The number of hydrogen-bond acceptors (Lipinski definition) is 1. The van der Waals surface area contributed by atoms with Gasteiger partial charge in [-0.3, -0.25) is 0 Å². The molecule has 0 bridgehead atoms. The molecule has 1 fully saturated rings. The van der Waals surface area contributed by atoms with Crippen molar-refractivity contribution in [1.82, 2.24) is 4.81 Å². The van der Waals surface area contributed by atoms with Gasteiger partial charge in [0.25, 0.3) is 0 Å². The van der Waals surface area contributed by atoms with Gasteiger partial charge in [0.15, 0.2) is 0 Å². The summed E-state index contributed by atoms with van der Waals surface area (Å²) in [5.74, 6) is 0. The Hall–Kier alpha value is -0.0451. The van der Waals surface area contributed by atoms with Gasteiger partial charge >= 0.3 is 7.69 Å². The molecule has 1 nitrogen and oxygen atoms in total. The predicted molar refractivity (Wildman–Crippen MR) is 27.7 cm³/mol. The molecular formula is C4H8BFN. The molecule has 3 heteroatoms. The zero-order valence-corrected chi connectivity index (χ0v) is 4.23. The maximum Gasteiger partial charge on any atom is 0.454 e. The summed E-state index contributed by atoms with van der Waals surface area (Å²) in [4.78, 5) is 1.69. The highest BCUT2D eigenvalue weighted by atomic mass is 19.1. The van der Waals surface area contributed by atoms with E-state index in [0.29, 0.717) is 7.69 Å². The van der Waals surface area contributed by atoms with E-state index in [9.17, 15) is 4.32 Å². The number of rotatable bonds is 1. The maximum atomic E-state index is 11.5. The third-order valence-corrected chi connectivity index (χ3v) is 1.28. The summed E-state index contributed by atoms with van der Waals surface area (Å²) < 4.78 is 11.5. The Balaban J connectivity index is 2.14. The molecule has 1 radical (unpaired) electrons. The second kappa shape index (κ2) is 2.31. The molecule has 1 saturated heterocycles. The van der Waals surface area contributed by atoms with Crippen molar-refractivity contribution < 1.29 is 4.32 Å². The molecule has 0 aromatic heterocycles. The van der Waals surface area contributed by atoms with Crippen LogP contribution in [0.5, 0.6) is 0 Å². The first-order chi connectivity index (χ1) is 3.43. The molecule has 0 N–H and O–H groups in total. The fraction of sp³-hybridized carbons (Fsp3) is 1.00. The molecule has 0 spiro atoms. The average molecular weight is 99.9 g/mol. The van der Waals surface area contributed by atoms with Crippen molar-refractivity contribution in [1.29, 1.82) is 0 Å². The smallest absolute Gasteiger partial charge is 0.316 e.